The van der Waals surface area contributed by atoms with E-state index in [1.54, 1.807) is 11.9 Å². The number of carbonyl (C=O) groups is 1. The topological polar surface area (TPSA) is 88.9 Å². The van der Waals surface area contributed by atoms with Crippen molar-refractivity contribution in [3.63, 3.8) is 0 Å². The summed E-state index contributed by atoms with van der Waals surface area (Å²) in [5.74, 6) is 0.413. The van der Waals surface area contributed by atoms with Crippen LogP contribution in [0.2, 0.25) is 0 Å². The van der Waals surface area contributed by atoms with Crippen LogP contribution >= 0.6 is 0 Å². The Kier molecular flexibility index (Phi) is 8.96. The lowest BCUT2D eigenvalue weighted by Crippen LogP contribution is -2.38. The van der Waals surface area contributed by atoms with Crippen molar-refractivity contribution in [1.29, 1.82) is 0 Å². The monoisotopic (exact) mass is 450 g/mol. The van der Waals surface area contributed by atoms with Gasteiger partial charge in [0.2, 0.25) is 0 Å². The molecule has 0 aromatic carbocycles. The molecule has 1 aromatic heterocycles. The number of hydrogen-bond donors (Lipinski definition) is 2. The zero-order chi connectivity index (χ0) is 23.1. The maximum Gasteiger partial charge on any atom is 0.410 e. The fourth-order valence-electron chi connectivity index (χ4n) is 4.43. The van der Waals surface area contributed by atoms with Crippen molar-refractivity contribution in [1.82, 2.24) is 20.0 Å². The van der Waals surface area contributed by atoms with Gasteiger partial charge in [0.1, 0.15) is 11.8 Å². The molecule has 32 heavy (non-hydrogen) atoms. The molecule has 1 amide bonds. The molecule has 0 spiro atoms. The van der Waals surface area contributed by atoms with E-state index in [1.807, 2.05) is 25.5 Å². The normalized spacial score (nSPS) is 24.3. The van der Waals surface area contributed by atoms with Crippen LogP contribution < -0.4 is 5.32 Å². The summed E-state index contributed by atoms with van der Waals surface area (Å²) in [5.41, 5.74) is 1.97. The van der Waals surface area contributed by atoms with Gasteiger partial charge in [0.25, 0.3) is 0 Å². The quantitative estimate of drug-likeness (QED) is 0.589. The van der Waals surface area contributed by atoms with Gasteiger partial charge in [-0.1, -0.05) is 0 Å². The number of aliphatic hydroxyl groups is 1. The molecule has 1 aromatic rings. The van der Waals surface area contributed by atoms with Gasteiger partial charge in [-0.15, -0.1) is 0 Å². The largest absolute Gasteiger partial charge is 0.444 e. The third kappa shape index (κ3) is 7.46. The Bertz CT molecular complexity index is 716. The van der Waals surface area contributed by atoms with Gasteiger partial charge in [-0.2, -0.15) is 5.10 Å². The van der Waals surface area contributed by atoms with Crippen LogP contribution in [0.1, 0.15) is 89.1 Å². The average molecular weight is 451 g/mol. The Balaban J connectivity index is 1.52. The number of hydrogen-bond acceptors (Lipinski definition) is 6. The van der Waals surface area contributed by atoms with Gasteiger partial charge in [-0.3, -0.25) is 0 Å². The third-order valence-electron chi connectivity index (χ3n) is 6.27. The van der Waals surface area contributed by atoms with Crippen LogP contribution in [-0.4, -0.2) is 70.9 Å². The molecule has 1 unspecified atom stereocenters. The molecule has 0 bridgehead atoms. The molecular weight excluding hydrogens is 408 g/mol. The molecule has 0 radical (unpaired) electrons. The molecule has 1 saturated heterocycles. The van der Waals surface area contributed by atoms with Crippen molar-refractivity contribution in [2.24, 2.45) is 0 Å². The minimum atomic E-state index is -0.480. The molecule has 2 N–H and O–H groups in total. The Morgan fingerprint density at radius 1 is 1.25 bits per heavy atom. The average Bonchev–Trinajstić information content (AvgIpc) is 3.17. The fourth-order valence-corrected chi connectivity index (χ4v) is 4.43. The number of rotatable bonds is 8. The number of likely N-dealkylation sites (N-methyl/N-ethyl adjacent to an activating group) is 1. The number of ether oxygens (including phenoxy) is 2. The second-order valence-electron chi connectivity index (χ2n) is 10.2. The van der Waals surface area contributed by atoms with Crippen LogP contribution in [0, 0.1) is 0 Å². The van der Waals surface area contributed by atoms with Gasteiger partial charge in [-0.25, -0.2) is 9.48 Å². The number of nitrogens with zero attached hydrogens (tertiary/aromatic N) is 3. The Morgan fingerprint density at radius 2 is 2.00 bits per heavy atom. The highest BCUT2D eigenvalue weighted by Crippen LogP contribution is 2.35. The summed E-state index contributed by atoms with van der Waals surface area (Å²) in [6.45, 7) is 8.55. The van der Waals surface area contributed by atoms with Gasteiger partial charge in [0.15, 0.2) is 0 Å². The summed E-state index contributed by atoms with van der Waals surface area (Å²) in [5, 5.41) is 18.3. The van der Waals surface area contributed by atoms with Crippen LogP contribution in [0.5, 0.6) is 0 Å². The maximum absolute atomic E-state index is 12.1. The second kappa shape index (κ2) is 11.5. The molecule has 8 heteroatoms. The van der Waals surface area contributed by atoms with Crippen LogP contribution in [0.25, 0.3) is 0 Å². The predicted molar refractivity (Wildman–Crippen MR) is 124 cm³/mol. The number of nitrogens with one attached hydrogen (secondary N) is 1. The van der Waals surface area contributed by atoms with Crippen molar-refractivity contribution >= 4 is 6.09 Å². The molecule has 1 aliphatic heterocycles. The molecule has 1 saturated carbocycles. The van der Waals surface area contributed by atoms with E-state index in [4.69, 9.17) is 14.6 Å². The van der Waals surface area contributed by atoms with Crippen molar-refractivity contribution in [2.45, 2.75) is 96.0 Å². The maximum atomic E-state index is 12.1. The van der Waals surface area contributed by atoms with E-state index >= 15 is 0 Å². The number of aromatic nitrogens is 2. The third-order valence-corrected chi connectivity index (χ3v) is 6.27. The summed E-state index contributed by atoms with van der Waals surface area (Å²) >= 11 is 0. The molecule has 1 aliphatic carbocycles. The lowest BCUT2D eigenvalue weighted by molar-refractivity contribution is -0.0398. The SMILES string of the molecule is CN(CCNCCc1cn(C2CCCCO2)nc1C1CCC(O)CC1)C(=O)OC(C)(C)C. The Morgan fingerprint density at radius 3 is 2.66 bits per heavy atom. The van der Waals surface area contributed by atoms with E-state index in [0.29, 0.717) is 19.0 Å². The van der Waals surface area contributed by atoms with Crippen LogP contribution in [0.4, 0.5) is 4.79 Å². The Hall–Kier alpha value is -1.64. The summed E-state index contributed by atoms with van der Waals surface area (Å²) < 4.78 is 13.4. The van der Waals surface area contributed by atoms with E-state index in [1.165, 1.54) is 17.7 Å². The number of aliphatic hydroxyl groups excluding tert-OH is 1. The van der Waals surface area contributed by atoms with Gasteiger partial charge < -0.3 is 24.8 Å². The number of carbonyl (C=O) groups excluding carboxylic acids is 1. The van der Waals surface area contributed by atoms with E-state index in [9.17, 15) is 9.90 Å². The standard InChI is InChI=1S/C24H42N4O4/c1-24(2,3)32-23(30)27(4)15-14-25-13-12-19-17-28(21-7-5-6-16-31-21)26-22(19)18-8-10-20(29)11-9-18/h17-18,20-21,25,29H,5-16H2,1-4H3. The molecule has 182 valence electrons. The Labute approximate surface area is 192 Å². The molecule has 3 rings (SSSR count). The van der Waals surface area contributed by atoms with E-state index < -0.39 is 5.60 Å². The van der Waals surface area contributed by atoms with E-state index in [-0.39, 0.29) is 18.4 Å². The van der Waals surface area contributed by atoms with Crippen LogP contribution in [0.15, 0.2) is 6.20 Å². The first kappa shape index (κ1) is 25.0. The fraction of sp³-hybridized carbons (Fsp3) is 0.833. The summed E-state index contributed by atoms with van der Waals surface area (Å²) in [4.78, 5) is 13.7. The van der Waals surface area contributed by atoms with Crippen LogP contribution in [0.3, 0.4) is 0 Å². The summed E-state index contributed by atoms with van der Waals surface area (Å²) in [6.07, 6.45) is 9.64. The zero-order valence-corrected chi connectivity index (χ0v) is 20.3. The lowest BCUT2D eigenvalue weighted by atomic mass is 9.84. The van der Waals surface area contributed by atoms with Crippen molar-refractivity contribution < 1.29 is 19.4 Å². The van der Waals surface area contributed by atoms with Crippen molar-refractivity contribution in [2.75, 3.05) is 33.3 Å². The first-order chi connectivity index (χ1) is 15.2. The summed E-state index contributed by atoms with van der Waals surface area (Å²) in [6, 6.07) is 0. The minimum Gasteiger partial charge on any atom is -0.444 e. The molecule has 8 nitrogen and oxygen atoms in total. The molecule has 2 aliphatic rings. The van der Waals surface area contributed by atoms with E-state index in [0.717, 1.165) is 58.1 Å². The first-order valence-electron chi connectivity index (χ1n) is 12.3. The van der Waals surface area contributed by atoms with Gasteiger partial charge in [0.05, 0.1) is 11.8 Å². The van der Waals surface area contributed by atoms with Gasteiger partial charge >= 0.3 is 6.09 Å². The van der Waals surface area contributed by atoms with Crippen molar-refractivity contribution in [3.05, 3.63) is 17.5 Å². The van der Waals surface area contributed by atoms with Gasteiger partial charge in [0, 0.05) is 38.9 Å². The summed E-state index contributed by atoms with van der Waals surface area (Å²) in [7, 11) is 1.76. The number of amides is 1. The predicted octanol–water partition coefficient (Wildman–Crippen LogP) is 3.60. The molecule has 2 heterocycles. The second-order valence-corrected chi connectivity index (χ2v) is 10.2. The molecular formula is C24H42N4O4. The minimum absolute atomic E-state index is 0.0425. The van der Waals surface area contributed by atoms with E-state index in [2.05, 4.69) is 11.5 Å². The highest BCUT2D eigenvalue weighted by molar-refractivity contribution is 5.67. The smallest absolute Gasteiger partial charge is 0.410 e. The van der Waals surface area contributed by atoms with Crippen LogP contribution in [-0.2, 0) is 15.9 Å². The first-order valence-corrected chi connectivity index (χ1v) is 12.3. The van der Waals surface area contributed by atoms with Gasteiger partial charge in [-0.05, 0) is 84.2 Å². The highest BCUT2D eigenvalue weighted by atomic mass is 16.6. The van der Waals surface area contributed by atoms with Crippen molar-refractivity contribution in [3.8, 4) is 0 Å². The highest BCUT2D eigenvalue weighted by Gasteiger charge is 2.27. The molecule has 1 atom stereocenters. The zero-order valence-electron chi connectivity index (χ0n) is 20.3. The lowest BCUT2D eigenvalue weighted by Gasteiger charge is -2.25. The molecule has 2 fully saturated rings.